The van der Waals surface area contributed by atoms with E-state index in [4.69, 9.17) is 11.2 Å². The van der Waals surface area contributed by atoms with Gasteiger partial charge in [-0.3, -0.25) is 5.10 Å². The predicted octanol–water partition coefficient (Wildman–Crippen LogP) is 2.20. The topological polar surface area (TPSA) is 105 Å². The molecule has 0 unspecified atom stereocenters. The quantitative estimate of drug-likeness (QED) is 0.549. The number of H-pyrrole nitrogens is 1. The van der Waals surface area contributed by atoms with E-state index in [1.165, 1.54) is 0 Å². The smallest absolute Gasteiger partial charge is 0.219 e. The molecular weight excluding hydrogens is 284 g/mol. The van der Waals surface area contributed by atoms with Crippen molar-refractivity contribution in [1.29, 1.82) is 0 Å². The van der Waals surface area contributed by atoms with Crippen LogP contribution in [0.2, 0.25) is 0 Å². The zero-order valence-corrected chi connectivity index (χ0v) is 11.1. The Balaban J connectivity index is 2.20. The maximum atomic E-state index is 9.50. The molecule has 0 saturated heterocycles. The van der Waals surface area contributed by atoms with Crippen LogP contribution in [0.5, 0.6) is 0 Å². The van der Waals surface area contributed by atoms with Crippen LogP contribution >= 0.6 is 0 Å². The third-order valence-electron chi connectivity index (χ3n) is 3.46. The summed E-state index contributed by atoms with van der Waals surface area (Å²) in [5, 5.41) is 24.7. The van der Waals surface area contributed by atoms with Crippen LogP contribution in [0, 0.1) is 6.57 Å². The van der Waals surface area contributed by atoms with Gasteiger partial charge in [0.15, 0.2) is 5.65 Å². The zero-order chi connectivity index (χ0) is 15.1. The van der Waals surface area contributed by atoms with Gasteiger partial charge in [-0.1, -0.05) is 12.1 Å². The summed E-state index contributed by atoms with van der Waals surface area (Å²) in [6, 6.07) is 5.40. The molecule has 2 N–H and O–H groups in total. The van der Waals surface area contributed by atoms with E-state index < -0.39 is 0 Å². The van der Waals surface area contributed by atoms with Crippen LogP contribution in [0.15, 0.2) is 29.0 Å². The van der Waals surface area contributed by atoms with E-state index in [-0.39, 0.29) is 18.0 Å². The second kappa shape index (κ2) is 4.61. The maximum absolute atomic E-state index is 9.50. The second-order valence-corrected chi connectivity index (χ2v) is 4.62. The summed E-state index contributed by atoms with van der Waals surface area (Å²) in [4.78, 5) is 7.78. The molecule has 0 radical (unpaired) electrons. The molecule has 0 saturated carbocycles. The van der Waals surface area contributed by atoms with E-state index in [9.17, 15) is 5.11 Å². The molecule has 0 bridgehead atoms. The number of nitrogens with one attached hydrogen (secondary N) is 1. The van der Waals surface area contributed by atoms with E-state index in [0.717, 1.165) is 0 Å². The molecule has 0 amide bonds. The first-order chi connectivity index (χ1) is 10.8. The Kier molecular flexibility index (Phi) is 2.61. The van der Waals surface area contributed by atoms with Gasteiger partial charge >= 0.3 is 0 Å². The number of aliphatic hydroxyl groups is 1. The van der Waals surface area contributed by atoms with E-state index >= 15 is 0 Å². The molecule has 22 heavy (non-hydrogen) atoms. The average molecular weight is 292 g/mol. The number of hydrogen-bond donors (Lipinski definition) is 2. The predicted molar refractivity (Wildman–Crippen MR) is 76.9 cm³/mol. The Morgan fingerprint density at radius 3 is 3.05 bits per heavy atom. The number of hydrogen-bond acceptors (Lipinski definition) is 6. The number of aromatic nitrogens is 5. The molecule has 0 atom stereocenters. The molecule has 8 heteroatoms. The molecule has 4 rings (SSSR count). The first-order valence-electron chi connectivity index (χ1n) is 6.39. The summed E-state index contributed by atoms with van der Waals surface area (Å²) < 4.78 is 4.78. The van der Waals surface area contributed by atoms with Crippen molar-refractivity contribution >= 4 is 27.8 Å². The van der Waals surface area contributed by atoms with Gasteiger partial charge in [0.2, 0.25) is 5.69 Å². The highest BCUT2D eigenvalue weighted by atomic mass is 16.6. The van der Waals surface area contributed by atoms with Crippen molar-refractivity contribution in [3.05, 3.63) is 41.5 Å². The number of aliphatic hydroxyl groups excluding tert-OH is 1. The Morgan fingerprint density at radius 2 is 2.23 bits per heavy atom. The highest BCUT2D eigenvalue weighted by Gasteiger charge is 2.20. The van der Waals surface area contributed by atoms with Gasteiger partial charge in [0, 0.05) is 16.5 Å². The standard InChI is InChI=1S/C14H8N6O2/c1-15-13-10(6-21)17-14-8(5-16-18-14)11(13)7-3-2-4-9-12(7)20-22-19-9/h2-5,21H,6H2,(H,16,17,18). The Hall–Kier alpha value is -3.31. The third kappa shape index (κ3) is 1.60. The van der Waals surface area contributed by atoms with Crippen molar-refractivity contribution in [1.82, 2.24) is 25.5 Å². The van der Waals surface area contributed by atoms with Crippen LogP contribution in [-0.4, -0.2) is 30.6 Å². The minimum atomic E-state index is -0.341. The summed E-state index contributed by atoms with van der Waals surface area (Å²) in [7, 11) is 0. The van der Waals surface area contributed by atoms with Crippen LogP contribution in [-0.2, 0) is 6.61 Å². The van der Waals surface area contributed by atoms with E-state index in [0.29, 0.717) is 33.2 Å². The van der Waals surface area contributed by atoms with Crippen LogP contribution in [0.3, 0.4) is 0 Å². The first kappa shape index (κ1) is 12.4. The van der Waals surface area contributed by atoms with Gasteiger partial charge in [0.25, 0.3) is 0 Å². The van der Waals surface area contributed by atoms with Gasteiger partial charge in [0.05, 0.1) is 25.1 Å². The maximum Gasteiger partial charge on any atom is 0.219 e. The van der Waals surface area contributed by atoms with Gasteiger partial charge in [0.1, 0.15) is 11.0 Å². The molecule has 3 aromatic heterocycles. The second-order valence-electron chi connectivity index (χ2n) is 4.62. The molecule has 0 spiro atoms. The number of aromatic amines is 1. The van der Waals surface area contributed by atoms with Gasteiger partial charge in [-0.05, 0) is 16.4 Å². The van der Waals surface area contributed by atoms with Crippen molar-refractivity contribution in [2.45, 2.75) is 6.61 Å². The lowest BCUT2D eigenvalue weighted by Crippen LogP contribution is -1.94. The van der Waals surface area contributed by atoms with E-state index in [1.54, 1.807) is 18.3 Å². The lowest BCUT2D eigenvalue weighted by atomic mass is 9.99. The van der Waals surface area contributed by atoms with E-state index in [1.807, 2.05) is 6.07 Å². The van der Waals surface area contributed by atoms with Gasteiger partial charge in [-0.2, -0.15) is 5.10 Å². The van der Waals surface area contributed by atoms with Gasteiger partial charge in [-0.15, -0.1) is 0 Å². The van der Waals surface area contributed by atoms with Crippen molar-refractivity contribution in [3.63, 3.8) is 0 Å². The van der Waals surface area contributed by atoms with Crippen LogP contribution in [0.25, 0.3) is 38.0 Å². The monoisotopic (exact) mass is 292 g/mol. The lowest BCUT2D eigenvalue weighted by molar-refractivity contribution is 0.278. The Morgan fingerprint density at radius 1 is 1.32 bits per heavy atom. The van der Waals surface area contributed by atoms with Gasteiger partial charge < -0.3 is 5.11 Å². The average Bonchev–Trinajstić information content (AvgIpc) is 3.20. The van der Waals surface area contributed by atoms with Crippen molar-refractivity contribution < 1.29 is 9.74 Å². The minimum Gasteiger partial charge on any atom is -0.391 e. The largest absolute Gasteiger partial charge is 0.391 e. The van der Waals surface area contributed by atoms with Crippen molar-refractivity contribution in [3.8, 4) is 11.1 Å². The minimum absolute atomic E-state index is 0.270. The molecular formula is C14H8N6O2. The first-order valence-corrected chi connectivity index (χ1v) is 6.39. The molecule has 0 aliphatic heterocycles. The SMILES string of the molecule is [C-]#[N+]c1c(CO)nc2[nH]ncc2c1-c1cccc2nonc12. The number of rotatable bonds is 2. The number of fused-ring (bicyclic) bond motifs is 2. The molecule has 1 aromatic carbocycles. The third-order valence-corrected chi connectivity index (χ3v) is 3.46. The normalized spacial score (nSPS) is 11.1. The highest BCUT2D eigenvalue weighted by molar-refractivity contribution is 6.06. The summed E-state index contributed by atoms with van der Waals surface area (Å²) >= 11 is 0. The summed E-state index contributed by atoms with van der Waals surface area (Å²) in [5.74, 6) is 0. The molecule has 0 aliphatic carbocycles. The van der Waals surface area contributed by atoms with Crippen LogP contribution in [0.1, 0.15) is 5.69 Å². The zero-order valence-electron chi connectivity index (χ0n) is 11.1. The summed E-state index contributed by atoms with van der Waals surface area (Å²) in [5.41, 5.74) is 3.49. The molecule has 106 valence electrons. The Bertz CT molecular complexity index is 1040. The molecule has 0 fully saturated rings. The Labute approximate surface area is 123 Å². The fraction of sp³-hybridized carbons (Fsp3) is 0.0714. The van der Waals surface area contributed by atoms with Crippen LogP contribution in [0.4, 0.5) is 5.69 Å². The fourth-order valence-corrected chi connectivity index (χ4v) is 2.52. The summed E-state index contributed by atoms with van der Waals surface area (Å²) in [6.45, 7) is 7.12. The number of benzene rings is 1. The summed E-state index contributed by atoms with van der Waals surface area (Å²) in [6.07, 6.45) is 1.60. The highest BCUT2D eigenvalue weighted by Crippen LogP contribution is 2.40. The molecule has 4 aromatic rings. The van der Waals surface area contributed by atoms with Crippen molar-refractivity contribution in [2.24, 2.45) is 0 Å². The molecule has 3 heterocycles. The molecule has 8 nitrogen and oxygen atoms in total. The van der Waals surface area contributed by atoms with Crippen molar-refractivity contribution in [2.75, 3.05) is 0 Å². The lowest BCUT2D eigenvalue weighted by Gasteiger charge is -2.09. The number of pyridine rings is 1. The fourth-order valence-electron chi connectivity index (χ4n) is 2.52. The van der Waals surface area contributed by atoms with E-state index in [2.05, 4.69) is 30.3 Å². The van der Waals surface area contributed by atoms with Gasteiger partial charge in [-0.25, -0.2) is 14.5 Å². The molecule has 0 aliphatic rings. The number of nitrogens with zero attached hydrogens (tertiary/aromatic N) is 5. The van der Waals surface area contributed by atoms with Crippen LogP contribution < -0.4 is 0 Å².